The molecule has 0 unspecified atom stereocenters. The van der Waals surface area contributed by atoms with Gasteiger partial charge in [-0.2, -0.15) is 0 Å². The van der Waals surface area contributed by atoms with Gasteiger partial charge in [0.05, 0.1) is 10.7 Å². The molecule has 0 spiro atoms. The minimum absolute atomic E-state index is 0.178. The van der Waals surface area contributed by atoms with E-state index in [0.29, 0.717) is 0 Å². The van der Waals surface area contributed by atoms with Crippen LogP contribution in [0.5, 0.6) is 0 Å². The highest BCUT2D eigenvalue weighted by Gasteiger charge is 2.16. The number of nitrogens with zero attached hydrogens (tertiary/aromatic N) is 1. The number of rotatable bonds is 3. The Balaban J connectivity index is 2.64. The van der Waals surface area contributed by atoms with Crippen molar-refractivity contribution in [3.8, 4) is 0 Å². The van der Waals surface area contributed by atoms with E-state index in [1.165, 1.54) is 10.7 Å². The summed E-state index contributed by atoms with van der Waals surface area (Å²) in [5, 5.41) is 3.38. The minimum Gasteiger partial charge on any atom is -0.330 e. The summed E-state index contributed by atoms with van der Waals surface area (Å²) in [6.07, 6.45) is 2.06. The van der Waals surface area contributed by atoms with E-state index in [1.807, 2.05) is 0 Å². The molecule has 0 radical (unpaired) electrons. The highest BCUT2D eigenvalue weighted by molar-refractivity contribution is 7.09. The molecule has 1 aromatic heterocycles. The molecule has 3 heteroatoms. The Morgan fingerprint density at radius 3 is 2.62 bits per heavy atom. The molecular weight excluding hydrogens is 180 g/mol. The third-order valence-corrected chi connectivity index (χ3v) is 2.82. The van der Waals surface area contributed by atoms with Gasteiger partial charge in [-0.15, -0.1) is 11.3 Å². The lowest BCUT2D eigenvalue weighted by molar-refractivity contribution is 0.570. The largest absolute Gasteiger partial charge is 0.330 e. The zero-order valence-electron chi connectivity index (χ0n) is 8.63. The first-order valence-corrected chi connectivity index (χ1v) is 5.57. The second-order valence-corrected chi connectivity index (χ2v) is 5.21. The van der Waals surface area contributed by atoms with Crippen molar-refractivity contribution in [3.05, 3.63) is 16.1 Å². The number of aromatic nitrogens is 1. The summed E-state index contributed by atoms with van der Waals surface area (Å²) in [7, 11) is 0. The van der Waals surface area contributed by atoms with Crippen LogP contribution in [0.2, 0.25) is 0 Å². The molecule has 0 fully saturated rings. The summed E-state index contributed by atoms with van der Waals surface area (Å²) in [5.41, 5.74) is 6.82. The normalized spacial score (nSPS) is 12.0. The van der Waals surface area contributed by atoms with Crippen LogP contribution in [0.1, 0.15) is 37.9 Å². The minimum atomic E-state index is 0.178. The predicted molar refractivity (Wildman–Crippen MR) is 58.2 cm³/mol. The SMILES string of the molecule is CC(C)(C)c1csc(CCCN)n1. The maximum Gasteiger partial charge on any atom is 0.0928 e. The lowest BCUT2D eigenvalue weighted by atomic mass is 9.93. The predicted octanol–water partition coefficient (Wildman–Crippen LogP) is 2.33. The molecule has 1 aromatic rings. The third kappa shape index (κ3) is 3.08. The van der Waals surface area contributed by atoms with Crippen molar-refractivity contribution in [3.63, 3.8) is 0 Å². The molecule has 2 nitrogen and oxygen atoms in total. The Labute approximate surface area is 84.2 Å². The van der Waals surface area contributed by atoms with Crippen LogP contribution in [0.3, 0.4) is 0 Å². The number of aryl methyl sites for hydroxylation is 1. The average molecular weight is 198 g/mol. The van der Waals surface area contributed by atoms with Gasteiger partial charge in [0.2, 0.25) is 0 Å². The molecule has 0 bridgehead atoms. The molecule has 0 aromatic carbocycles. The fourth-order valence-corrected chi connectivity index (χ4v) is 2.09. The molecule has 0 aliphatic rings. The van der Waals surface area contributed by atoms with Gasteiger partial charge >= 0.3 is 0 Å². The second kappa shape index (κ2) is 4.20. The molecule has 0 amide bonds. The molecule has 0 saturated carbocycles. The van der Waals surface area contributed by atoms with Crippen LogP contribution in [0.15, 0.2) is 5.38 Å². The summed E-state index contributed by atoms with van der Waals surface area (Å²) in [6, 6.07) is 0. The molecule has 0 aliphatic carbocycles. The van der Waals surface area contributed by atoms with E-state index in [9.17, 15) is 0 Å². The van der Waals surface area contributed by atoms with Crippen LogP contribution in [-0.2, 0) is 11.8 Å². The first kappa shape index (κ1) is 10.7. The maximum atomic E-state index is 5.45. The highest BCUT2D eigenvalue weighted by atomic mass is 32.1. The van der Waals surface area contributed by atoms with E-state index in [2.05, 4.69) is 31.1 Å². The van der Waals surface area contributed by atoms with Crippen LogP contribution in [0, 0.1) is 0 Å². The molecule has 0 aliphatic heterocycles. The topological polar surface area (TPSA) is 38.9 Å². The van der Waals surface area contributed by atoms with Gasteiger partial charge in [-0.1, -0.05) is 20.8 Å². The zero-order valence-corrected chi connectivity index (χ0v) is 9.45. The molecule has 1 heterocycles. The molecule has 74 valence electrons. The lowest BCUT2D eigenvalue weighted by Crippen LogP contribution is -2.11. The van der Waals surface area contributed by atoms with Gasteiger partial charge in [-0.05, 0) is 13.0 Å². The van der Waals surface area contributed by atoms with Crippen LogP contribution in [0.25, 0.3) is 0 Å². The van der Waals surface area contributed by atoms with Gasteiger partial charge in [-0.25, -0.2) is 4.98 Å². The summed E-state index contributed by atoms with van der Waals surface area (Å²) in [6.45, 7) is 7.32. The van der Waals surface area contributed by atoms with Crippen LogP contribution in [-0.4, -0.2) is 11.5 Å². The van der Waals surface area contributed by atoms with Crippen LogP contribution in [0.4, 0.5) is 0 Å². The quantitative estimate of drug-likeness (QED) is 0.809. The maximum absolute atomic E-state index is 5.45. The Bertz CT molecular complexity index is 260. The fraction of sp³-hybridized carbons (Fsp3) is 0.700. The van der Waals surface area contributed by atoms with Crippen LogP contribution >= 0.6 is 11.3 Å². The fourth-order valence-electron chi connectivity index (χ4n) is 1.02. The van der Waals surface area contributed by atoms with Gasteiger partial charge in [-0.3, -0.25) is 0 Å². The summed E-state index contributed by atoms with van der Waals surface area (Å²) >= 11 is 1.75. The Kier molecular flexibility index (Phi) is 3.45. The van der Waals surface area contributed by atoms with Crippen molar-refractivity contribution in [2.24, 2.45) is 5.73 Å². The smallest absolute Gasteiger partial charge is 0.0928 e. The summed E-state index contributed by atoms with van der Waals surface area (Å²) in [5.74, 6) is 0. The Morgan fingerprint density at radius 1 is 1.46 bits per heavy atom. The first-order chi connectivity index (χ1) is 6.04. The van der Waals surface area contributed by atoms with Crippen molar-refractivity contribution in [1.82, 2.24) is 4.98 Å². The highest BCUT2D eigenvalue weighted by Crippen LogP contribution is 2.24. The van der Waals surface area contributed by atoms with E-state index in [0.717, 1.165) is 19.4 Å². The Hall–Kier alpha value is -0.410. The van der Waals surface area contributed by atoms with Gasteiger partial charge < -0.3 is 5.73 Å². The Morgan fingerprint density at radius 2 is 2.15 bits per heavy atom. The second-order valence-electron chi connectivity index (χ2n) is 4.27. The van der Waals surface area contributed by atoms with Gasteiger partial charge in [0.1, 0.15) is 0 Å². The standard InChI is InChI=1S/C10H18N2S/c1-10(2,3)8-7-13-9(12-8)5-4-6-11/h7H,4-6,11H2,1-3H3. The van der Waals surface area contributed by atoms with Gasteiger partial charge in [0.15, 0.2) is 0 Å². The molecule has 1 rings (SSSR count). The van der Waals surface area contributed by atoms with Crippen molar-refractivity contribution in [1.29, 1.82) is 0 Å². The van der Waals surface area contributed by atoms with E-state index in [4.69, 9.17) is 5.73 Å². The molecule has 0 atom stereocenters. The number of hydrogen-bond acceptors (Lipinski definition) is 3. The van der Waals surface area contributed by atoms with Gasteiger partial charge in [0, 0.05) is 17.2 Å². The first-order valence-electron chi connectivity index (χ1n) is 4.69. The van der Waals surface area contributed by atoms with Crippen LogP contribution < -0.4 is 5.73 Å². The van der Waals surface area contributed by atoms with E-state index < -0.39 is 0 Å². The average Bonchev–Trinajstić information content (AvgIpc) is 2.47. The van der Waals surface area contributed by atoms with E-state index in [1.54, 1.807) is 11.3 Å². The molecular formula is C10H18N2S. The molecule has 0 saturated heterocycles. The zero-order chi connectivity index (χ0) is 9.90. The lowest BCUT2D eigenvalue weighted by Gasteiger charge is -2.14. The van der Waals surface area contributed by atoms with Gasteiger partial charge in [0.25, 0.3) is 0 Å². The summed E-state index contributed by atoms with van der Waals surface area (Å²) in [4.78, 5) is 4.58. The third-order valence-electron chi connectivity index (χ3n) is 1.91. The number of thiazole rings is 1. The van der Waals surface area contributed by atoms with Crippen molar-refractivity contribution in [2.75, 3.05) is 6.54 Å². The summed E-state index contributed by atoms with van der Waals surface area (Å²) < 4.78 is 0. The number of nitrogens with two attached hydrogens (primary N) is 1. The van der Waals surface area contributed by atoms with Crippen molar-refractivity contribution in [2.45, 2.75) is 39.0 Å². The monoisotopic (exact) mass is 198 g/mol. The van der Waals surface area contributed by atoms with Crippen molar-refractivity contribution < 1.29 is 0 Å². The van der Waals surface area contributed by atoms with E-state index >= 15 is 0 Å². The van der Waals surface area contributed by atoms with E-state index in [-0.39, 0.29) is 5.41 Å². The van der Waals surface area contributed by atoms with Crippen molar-refractivity contribution >= 4 is 11.3 Å². The molecule has 13 heavy (non-hydrogen) atoms. The number of hydrogen-bond donors (Lipinski definition) is 1. The molecule has 2 N–H and O–H groups in total.